The van der Waals surface area contributed by atoms with E-state index in [9.17, 15) is 0 Å². The molecular formula is C20H28IN3O2. The van der Waals surface area contributed by atoms with Crippen molar-refractivity contribution in [1.82, 2.24) is 10.6 Å². The molecule has 0 spiro atoms. The molecule has 1 atom stereocenters. The van der Waals surface area contributed by atoms with Gasteiger partial charge in [-0.2, -0.15) is 0 Å². The Morgan fingerprint density at radius 3 is 2.46 bits per heavy atom. The second kappa shape index (κ2) is 12.4. The molecule has 1 unspecified atom stereocenters. The minimum absolute atomic E-state index is 0. The van der Waals surface area contributed by atoms with Gasteiger partial charge in [0.05, 0.1) is 20.2 Å². The fraction of sp³-hybridized carbons (Fsp3) is 0.350. The van der Waals surface area contributed by atoms with Gasteiger partial charge in [-0.05, 0) is 43.7 Å². The van der Waals surface area contributed by atoms with Crippen molar-refractivity contribution in [2.75, 3.05) is 20.2 Å². The fourth-order valence-corrected chi connectivity index (χ4v) is 2.30. The predicted molar refractivity (Wildman–Crippen MR) is 118 cm³/mol. The number of para-hydroxylation sites is 1. The van der Waals surface area contributed by atoms with Gasteiger partial charge in [0.25, 0.3) is 0 Å². The fourth-order valence-electron chi connectivity index (χ4n) is 2.30. The van der Waals surface area contributed by atoms with Gasteiger partial charge in [0, 0.05) is 6.54 Å². The summed E-state index contributed by atoms with van der Waals surface area (Å²) in [4.78, 5) is 4.62. The minimum Gasteiger partial charge on any atom is -0.497 e. The lowest BCUT2D eigenvalue weighted by Crippen LogP contribution is -2.41. The van der Waals surface area contributed by atoms with E-state index in [1.165, 1.54) is 0 Å². The first-order chi connectivity index (χ1) is 12.2. The third-order valence-corrected chi connectivity index (χ3v) is 3.54. The van der Waals surface area contributed by atoms with Crippen LogP contribution in [-0.4, -0.2) is 32.3 Å². The van der Waals surface area contributed by atoms with Crippen LogP contribution in [0.15, 0.2) is 59.6 Å². The third-order valence-electron chi connectivity index (χ3n) is 3.54. The van der Waals surface area contributed by atoms with Gasteiger partial charge < -0.3 is 20.1 Å². The summed E-state index contributed by atoms with van der Waals surface area (Å²) in [6.07, 6.45) is 0.0306. The maximum atomic E-state index is 5.87. The molecule has 2 aromatic rings. The summed E-state index contributed by atoms with van der Waals surface area (Å²) in [5, 5.41) is 6.57. The number of ether oxygens (including phenoxy) is 2. The van der Waals surface area contributed by atoms with Crippen molar-refractivity contribution < 1.29 is 9.47 Å². The van der Waals surface area contributed by atoms with Gasteiger partial charge in [-0.15, -0.1) is 24.0 Å². The highest BCUT2D eigenvalue weighted by Gasteiger charge is 2.05. The van der Waals surface area contributed by atoms with Crippen LogP contribution < -0.4 is 20.1 Å². The zero-order chi connectivity index (χ0) is 17.9. The Bertz CT molecular complexity index is 665. The Balaban J connectivity index is 0.00000338. The summed E-state index contributed by atoms with van der Waals surface area (Å²) in [5.74, 6) is 2.49. The Labute approximate surface area is 173 Å². The number of halogens is 1. The molecule has 0 aromatic heterocycles. The van der Waals surface area contributed by atoms with Crippen molar-refractivity contribution in [2.24, 2.45) is 4.99 Å². The van der Waals surface area contributed by atoms with Crippen LogP contribution >= 0.6 is 24.0 Å². The average molecular weight is 469 g/mol. The highest BCUT2D eigenvalue weighted by atomic mass is 127. The lowest BCUT2D eigenvalue weighted by Gasteiger charge is -2.17. The first kappa shape index (κ1) is 22.1. The van der Waals surface area contributed by atoms with E-state index < -0.39 is 0 Å². The van der Waals surface area contributed by atoms with Gasteiger partial charge in [0.1, 0.15) is 17.6 Å². The Hall–Kier alpha value is -1.96. The second-order valence-electron chi connectivity index (χ2n) is 5.67. The predicted octanol–water partition coefficient (Wildman–Crippen LogP) is 3.84. The molecule has 0 aliphatic heterocycles. The van der Waals surface area contributed by atoms with Gasteiger partial charge in [-0.25, -0.2) is 4.99 Å². The summed E-state index contributed by atoms with van der Waals surface area (Å²) in [5.41, 5.74) is 1.10. The quantitative estimate of drug-likeness (QED) is 0.351. The number of nitrogens with zero attached hydrogens (tertiary/aromatic N) is 1. The van der Waals surface area contributed by atoms with Crippen LogP contribution in [0.3, 0.4) is 0 Å². The third kappa shape index (κ3) is 7.95. The van der Waals surface area contributed by atoms with Crippen molar-refractivity contribution in [3.8, 4) is 11.5 Å². The van der Waals surface area contributed by atoms with E-state index in [4.69, 9.17) is 9.47 Å². The van der Waals surface area contributed by atoms with E-state index in [1.54, 1.807) is 7.11 Å². The number of guanidine groups is 1. The van der Waals surface area contributed by atoms with E-state index in [1.807, 2.05) is 68.4 Å². The summed E-state index contributed by atoms with van der Waals surface area (Å²) < 4.78 is 11.1. The normalized spacial score (nSPS) is 11.9. The number of methoxy groups -OCH3 is 1. The number of hydrogen-bond acceptors (Lipinski definition) is 3. The van der Waals surface area contributed by atoms with Crippen LogP contribution in [-0.2, 0) is 6.54 Å². The Morgan fingerprint density at radius 1 is 1.04 bits per heavy atom. The van der Waals surface area contributed by atoms with Crippen LogP contribution in [0.5, 0.6) is 11.5 Å². The van der Waals surface area contributed by atoms with E-state index in [-0.39, 0.29) is 30.1 Å². The summed E-state index contributed by atoms with van der Waals surface area (Å²) in [7, 11) is 1.67. The number of aliphatic imine (C=N–C) groups is 1. The van der Waals surface area contributed by atoms with Gasteiger partial charge in [0.15, 0.2) is 5.96 Å². The van der Waals surface area contributed by atoms with Gasteiger partial charge in [0.2, 0.25) is 0 Å². The number of hydrogen-bond donors (Lipinski definition) is 2. The first-order valence-corrected chi connectivity index (χ1v) is 8.58. The number of nitrogens with one attached hydrogen (secondary N) is 2. The molecule has 2 aromatic carbocycles. The molecule has 0 aliphatic rings. The lowest BCUT2D eigenvalue weighted by atomic mass is 10.2. The monoisotopic (exact) mass is 469 g/mol. The van der Waals surface area contributed by atoms with E-state index in [0.29, 0.717) is 13.1 Å². The summed E-state index contributed by atoms with van der Waals surface area (Å²) in [6, 6.07) is 17.8. The average Bonchev–Trinajstić information content (AvgIpc) is 2.65. The van der Waals surface area contributed by atoms with E-state index in [2.05, 4.69) is 15.6 Å². The molecule has 26 heavy (non-hydrogen) atoms. The minimum atomic E-state index is 0. The zero-order valence-corrected chi connectivity index (χ0v) is 17.9. The Kier molecular flexibility index (Phi) is 10.5. The van der Waals surface area contributed by atoms with Gasteiger partial charge in [-0.1, -0.05) is 30.3 Å². The van der Waals surface area contributed by atoms with Crippen molar-refractivity contribution in [1.29, 1.82) is 0 Å². The van der Waals surface area contributed by atoms with Gasteiger partial charge >= 0.3 is 0 Å². The van der Waals surface area contributed by atoms with E-state index in [0.717, 1.165) is 29.6 Å². The molecule has 6 heteroatoms. The van der Waals surface area contributed by atoms with Crippen molar-refractivity contribution in [2.45, 2.75) is 26.5 Å². The van der Waals surface area contributed by atoms with Crippen LogP contribution in [0.2, 0.25) is 0 Å². The summed E-state index contributed by atoms with van der Waals surface area (Å²) in [6.45, 7) is 6.13. The second-order valence-corrected chi connectivity index (χ2v) is 5.67. The molecule has 0 amide bonds. The summed E-state index contributed by atoms with van der Waals surface area (Å²) >= 11 is 0. The standard InChI is InChI=1S/C20H27N3O2.HI/c1-4-21-20(23-15-17-9-8-12-19(13-17)24-3)22-14-16(2)25-18-10-6-5-7-11-18;/h5-13,16H,4,14-15H2,1-3H3,(H2,21,22,23);1H. The highest BCUT2D eigenvalue weighted by molar-refractivity contribution is 14.0. The van der Waals surface area contributed by atoms with Crippen LogP contribution in [0.1, 0.15) is 19.4 Å². The molecule has 0 bridgehead atoms. The van der Waals surface area contributed by atoms with Crippen molar-refractivity contribution in [3.05, 3.63) is 60.2 Å². The zero-order valence-electron chi connectivity index (χ0n) is 15.6. The largest absolute Gasteiger partial charge is 0.497 e. The van der Waals surface area contributed by atoms with Crippen molar-refractivity contribution in [3.63, 3.8) is 0 Å². The molecule has 0 radical (unpaired) electrons. The maximum absolute atomic E-state index is 5.87. The molecule has 0 saturated carbocycles. The molecule has 2 rings (SSSR count). The van der Waals surface area contributed by atoms with Crippen LogP contribution in [0, 0.1) is 0 Å². The van der Waals surface area contributed by atoms with E-state index >= 15 is 0 Å². The molecule has 142 valence electrons. The molecule has 2 N–H and O–H groups in total. The highest BCUT2D eigenvalue weighted by Crippen LogP contribution is 2.13. The molecule has 0 heterocycles. The number of benzene rings is 2. The lowest BCUT2D eigenvalue weighted by molar-refractivity contribution is 0.224. The Morgan fingerprint density at radius 2 is 1.77 bits per heavy atom. The molecule has 0 aliphatic carbocycles. The number of rotatable bonds is 8. The molecule has 0 fully saturated rings. The topological polar surface area (TPSA) is 54.9 Å². The van der Waals surface area contributed by atoms with Crippen molar-refractivity contribution >= 4 is 29.9 Å². The first-order valence-electron chi connectivity index (χ1n) is 8.58. The maximum Gasteiger partial charge on any atom is 0.191 e. The molecule has 5 nitrogen and oxygen atoms in total. The SMILES string of the molecule is CCNC(=NCc1cccc(OC)c1)NCC(C)Oc1ccccc1.I. The molecular weight excluding hydrogens is 441 g/mol. The van der Waals surface area contributed by atoms with Gasteiger partial charge in [-0.3, -0.25) is 0 Å². The molecule has 0 saturated heterocycles. The smallest absolute Gasteiger partial charge is 0.191 e. The van der Waals surface area contributed by atoms with Crippen LogP contribution in [0.4, 0.5) is 0 Å². The van der Waals surface area contributed by atoms with Crippen LogP contribution in [0.25, 0.3) is 0 Å².